The second-order valence-corrected chi connectivity index (χ2v) is 10.2. The maximum atomic E-state index is 12.9. The van der Waals surface area contributed by atoms with Gasteiger partial charge in [0.1, 0.15) is 19.8 Å². The van der Waals surface area contributed by atoms with Crippen LogP contribution in [0.15, 0.2) is 91.0 Å². The minimum absolute atomic E-state index is 0.00494. The first-order valence-electron chi connectivity index (χ1n) is 14.9. The second-order valence-electron chi connectivity index (χ2n) is 10.2. The van der Waals surface area contributed by atoms with E-state index < -0.39 is 35.9 Å². The average Bonchev–Trinajstić information content (AvgIpc) is 3.07. The van der Waals surface area contributed by atoms with Crippen molar-refractivity contribution >= 4 is 29.8 Å². The summed E-state index contributed by atoms with van der Waals surface area (Å²) in [5, 5.41) is 2.66. The molecule has 1 amide bonds. The van der Waals surface area contributed by atoms with Crippen molar-refractivity contribution in [2.75, 3.05) is 6.54 Å². The molecule has 0 saturated carbocycles. The standard InChI is InChI=1S/C35H39NO9/c37-31(42-24-27-12-4-1-5-13-27)18-10-19-34(40)45-30(21-22-33(39)44-26-29-16-8-3-9-17-29)35(41)36-23-11-20-32(38)43-25-28-14-6-2-7-15-28/h1-9,12-17,30H,10-11,18-26H2,(H,36,41). The van der Waals surface area contributed by atoms with Crippen molar-refractivity contribution in [2.45, 2.75) is 70.9 Å². The Kier molecular flexibility index (Phi) is 15.4. The molecule has 0 fully saturated rings. The van der Waals surface area contributed by atoms with E-state index in [9.17, 15) is 24.0 Å². The van der Waals surface area contributed by atoms with Gasteiger partial charge in [0.25, 0.3) is 5.91 Å². The van der Waals surface area contributed by atoms with Crippen molar-refractivity contribution in [1.29, 1.82) is 0 Å². The van der Waals surface area contributed by atoms with E-state index in [2.05, 4.69) is 5.32 Å². The molecule has 238 valence electrons. The van der Waals surface area contributed by atoms with Crippen LogP contribution in [0, 0.1) is 0 Å². The van der Waals surface area contributed by atoms with Crippen molar-refractivity contribution in [3.8, 4) is 0 Å². The molecule has 0 aliphatic heterocycles. The van der Waals surface area contributed by atoms with Crippen LogP contribution in [0.5, 0.6) is 0 Å². The Balaban J connectivity index is 1.41. The molecule has 0 aliphatic carbocycles. The molecule has 3 aromatic carbocycles. The molecule has 1 N–H and O–H groups in total. The number of amides is 1. The molecular formula is C35H39NO9. The number of hydrogen-bond acceptors (Lipinski definition) is 9. The number of carbonyl (C=O) groups is 5. The Labute approximate surface area is 263 Å². The molecule has 3 rings (SSSR count). The molecule has 0 spiro atoms. The second kappa shape index (κ2) is 20.1. The summed E-state index contributed by atoms with van der Waals surface area (Å²) in [5.74, 6) is -2.69. The van der Waals surface area contributed by atoms with Gasteiger partial charge in [0.2, 0.25) is 0 Å². The maximum Gasteiger partial charge on any atom is 0.306 e. The molecule has 3 aromatic rings. The molecule has 0 radical (unpaired) electrons. The van der Waals surface area contributed by atoms with Gasteiger partial charge in [0, 0.05) is 38.6 Å². The van der Waals surface area contributed by atoms with Crippen LogP contribution in [-0.4, -0.2) is 42.4 Å². The van der Waals surface area contributed by atoms with Crippen LogP contribution in [0.2, 0.25) is 0 Å². The van der Waals surface area contributed by atoms with Gasteiger partial charge in [-0.1, -0.05) is 91.0 Å². The number of hydrogen-bond donors (Lipinski definition) is 1. The number of ether oxygens (including phenoxy) is 4. The van der Waals surface area contributed by atoms with E-state index >= 15 is 0 Å². The van der Waals surface area contributed by atoms with Crippen LogP contribution in [-0.2, 0) is 62.7 Å². The highest BCUT2D eigenvalue weighted by atomic mass is 16.6. The summed E-state index contributed by atoms with van der Waals surface area (Å²) >= 11 is 0. The van der Waals surface area contributed by atoms with Gasteiger partial charge in [-0.3, -0.25) is 24.0 Å². The Hall–Kier alpha value is -4.99. The van der Waals surface area contributed by atoms with Crippen molar-refractivity contribution in [3.05, 3.63) is 108 Å². The first-order chi connectivity index (χ1) is 21.9. The van der Waals surface area contributed by atoms with Crippen molar-refractivity contribution in [2.24, 2.45) is 0 Å². The van der Waals surface area contributed by atoms with Crippen LogP contribution < -0.4 is 5.32 Å². The van der Waals surface area contributed by atoms with E-state index in [0.29, 0.717) is 6.42 Å². The van der Waals surface area contributed by atoms with Crippen molar-refractivity contribution in [3.63, 3.8) is 0 Å². The molecule has 0 bridgehead atoms. The zero-order valence-electron chi connectivity index (χ0n) is 25.2. The smallest absolute Gasteiger partial charge is 0.306 e. The first-order valence-corrected chi connectivity index (χ1v) is 14.9. The molecular weight excluding hydrogens is 578 g/mol. The third kappa shape index (κ3) is 14.8. The predicted octanol–water partition coefficient (Wildman–Crippen LogP) is 4.98. The molecule has 0 heterocycles. The van der Waals surface area contributed by atoms with Gasteiger partial charge >= 0.3 is 23.9 Å². The number of rotatable bonds is 19. The molecule has 0 aliphatic rings. The average molecular weight is 618 g/mol. The highest BCUT2D eigenvalue weighted by Gasteiger charge is 2.24. The van der Waals surface area contributed by atoms with Gasteiger partial charge < -0.3 is 24.3 Å². The molecule has 45 heavy (non-hydrogen) atoms. The lowest BCUT2D eigenvalue weighted by molar-refractivity contribution is -0.158. The van der Waals surface area contributed by atoms with Crippen LogP contribution in [0.4, 0.5) is 0 Å². The Morgan fingerprint density at radius 1 is 0.511 bits per heavy atom. The predicted molar refractivity (Wildman–Crippen MR) is 164 cm³/mol. The molecule has 1 unspecified atom stereocenters. The van der Waals surface area contributed by atoms with E-state index in [0.717, 1.165) is 16.7 Å². The van der Waals surface area contributed by atoms with Gasteiger partial charge in [-0.2, -0.15) is 0 Å². The summed E-state index contributed by atoms with van der Waals surface area (Å²) < 4.78 is 21.1. The van der Waals surface area contributed by atoms with Crippen LogP contribution >= 0.6 is 0 Å². The molecule has 10 nitrogen and oxygen atoms in total. The van der Waals surface area contributed by atoms with E-state index in [1.165, 1.54) is 0 Å². The molecule has 1 atom stereocenters. The monoisotopic (exact) mass is 617 g/mol. The van der Waals surface area contributed by atoms with Crippen LogP contribution in [0.25, 0.3) is 0 Å². The summed E-state index contributed by atoms with van der Waals surface area (Å²) in [5.41, 5.74) is 2.54. The maximum absolute atomic E-state index is 12.9. The lowest BCUT2D eigenvalue weighted by atomic mass is 10.1. The lowest BCUT2D eigenvalue weighted by Crippen LogP contribution is -2.38. The third-order valence-electron chi connectivity index (χ3n) is 6.52. The highest BCUT2D eigenvalue weighted by molar-refractivity contribution is 5.84. The largest absolute Gasteiger partial charge is 0.461 e. The van der Waals surface area contributed by atoms with E-state index in [-0.39, 0.29) is 64.9 Å². The Bertz CT molecular complexity index is 1350. The minimum Gasteiger partial charge on any atom is -0.461 e. The van der Waals surface area contributed by atoms with E-state index in [4.69, 9.17) is 18.9 Å². The summed E-state index contributed by atoms with van der Waals surface area (Å²) in [7, 11) is 0. The number of nitrogens with one attached hydrogen (secondary N) is 1. The van der Waals surface area contributed by atoms with Gasteiger partial charge in [-0.15, -0.1) is 0 Å². The summed E-state index contributed by atoms with van der Waals surface area (Å²) in [6.07, 6.45) is -1.05. The SMILES string of the molecule is O=C(CCCNC(=O)C(CCC(=O)OCc1ccccc1)OC(=O)CCCC(=O)OCc1ccccc1)OCc1ccccc1. The fourth-order valence-corrected chi connectivity index (χ4v) is 4.08. The number of carbonyl (C=O) groups excluding carboxylic acids is 5. The zero-order chi connectivity index (χ0) is 32.1. The third-order valence-corrected chi connectivity index (χ3v) is 6.52. The van der Waals surface area contributed by atoms with Gasteiger partial charge in [-0.05, 0) is 29.5 Å². The van der Waals surface area contributed by atoms with Crippen LogP contribution in [0.3, 0.4) is 0 Å². The van der Waals surface area contributed by atoms with Crippen molar-refractivity contribution in [1.82, 2.24) is 5.32 Å². The zero-order valence-corrected chi connectivity index (χ0v) is 25.2. The van der Waals surface area contributed by atoms with Crippen LogP contribution in [0.1, 0.15) is 61.6 Å². The normalized spacial score (nSPS) is 11.1. The minimum atomic E-state index is -1.25. The number of benzene rings is 3. The summed E-state index contributed by atoms with van der Waals surface area (Å²) in [6.45, 7) is 0.517. The Morgan fingerprint density at radius 3 is 1.38 bits per heavy atom. The fourth-order valence-electron chi connectivity index (χ4n) is 4.08. The molecule has 10 heteroatoms. The first kappa shape index (κ1) is 34.5. The highest BCUT2D eigenvalue weighted by Crippen LogP contribution is 2.11. The molecule has 0 saturated heterocycles. The fraction of sp³-hybridized carbons (Fsp3) is 0.343. The van der Waals surface area contributed by atoms with Gasteiger partial charge in [0.15, 0.2) is 6.10 Å². The van der Waals surface area contributed by atoms with Crippen molar-refractivity contribution < 1.29 is 42.9 Å². The quantitative estimate of drug-likeness (QED) is 0.112. The van der Waals surface area contributed by atoms with Gasteiger partial charge in [-0.25, -0.2) is 0 Å². The summed E-state index contributed by atoms with van der Waals surface area (Å²) in [4.78, 5) is 61.9. The van der Waals surface area contributed by atoms with Gasteiger partial charge in [0.05, 0.1) is 0 Å². The lowest BCUT2D eigenvalue weighted by Gasteiger charge is -2.17. The topological polar surface area (TPSA) is 134 Å². The van der Waals surface area contributed by atoms with E-state index in [1.807, 2.05) is 91.0 Å². The number of esters is 4. The summed E-state index contributed by atoms with van der Waals surface area (Å²) in [6, 6.07) is 27.7. The van der Waals surface area contributed by atoms with E-state index in [1.54, 1.807) is 0 Å². The molecule has 0 aromatic heterocycles. The Morgan fingerprint density at radius 2 is 0.911 bits per heavy atom.